The maximum Gasteiger partial charge on any atom is 0.434 e. The van der Waals surface area contributed by atoms with Crippen LogP contribution in [0.1, 0.15) is 21.6 Å². The Balaban J connectivity index is 1.80. The number of hydrogen-bond donors (Lipinski definition) is 2. The highest BCUT2D eigenvalue weighted by molar-refractivity contribution is 7.91. The first kappa shape index (κ1) is 25.1. The van der Waals surface area contributed by atoms with Gasteiger partial charge in [-0.25, -0.2) is 28.0 Å². The van der Waals surface area contributed by atoms with Gasteiger partial charge in [0, 0.05) is 18.6 Å². The van der Waals surface area contributed by atoms with Crippen LogP contribution in [0.4, 0.5) is 36.4 Å². The molecule has 0 saturated carbocycles. The van der Waals surface area contributed by atoms with Crippen molar-refractivity contribution in [1.82, 2.24) is 24.1 Å². The number of anilines is 1. The fourth-order valence-electron chi connectivity index (χ4n) is 3.33. The smallest absolute Gasteiger partial charge is 0.320 e. The van der Waals surface area contributed by atoms with E-state index in [-0.39, 0.29) is 11.5 Å². The number of aromatic nitrogens is 5. The zero-order chi connectivity index (χ0) is 26.6. The molecular weight excluding hydrogens is 523 g/mol. The van der Waals surface area contributed by atoms with Crippen molar-refractivity contribution in [2.45, 2.75) is 17.4 Å². The Morgan fingerprint density at radius 3 is 2.39 bits per heavy atom. The molecule has 0 spiro atoms. The number of alkyl halides is 6. The molecule has 0 fully saturated rings. The van der Waals surface area contributed by atoms with Gasteiger partial charge in [-0.15, -0.1) is 0 Å². The number of nitrogens with zero attached hydrogens (tertiary/aromatic N) is 5. The number of carbonyl (C=O) groups excluding carboxylic acids is 1. The Bertz CT molecular complexity index is 1600. The monoisotopic (exact) mass is 535 g/mol. The van der Waals surface area contributed by atoms with Gasteiger partial charge in [-0.2, -0.15) is 31.4 Å². The second-order valence-corrected chi connectivity index (χ2v) is 9.42. The third-order valence-corrected chi connectivity index (χ3v) is 5.83. The number of amides is 1. The van der Waals surface area contributed by atoms with E-state index < -0.39 is 61.3 Å². The predicted octanol–water partition coefficient (Wildman–Crippen LogP) is 4.38. The van der Waals surface area contributed by atoms with Gasteiger partial charge in [0.2, 0.25) is 0 Å². The molecule has 1 atom stereocenters. The summed E-state index contributed by atoms with van der Waals surface area (Å²) in [5, 5.41) is 4.36. The van der Waals surface area contributed by atoms with E-state index in [9.17, 15) is 39.7 Å². The molecule has 1 amide bonds. The number of imidazole rings is 1. The van der Waals surface area contributed by atoms with Crippen LogP contribution < -0.4 is 5.32 Å². The van der Waals surface area contributed by atoms with E-state index in [4.69, 9.17) is 4.78 Å². The fourth-order valence-corrected chi connectivity index (χ4v) is 4.18. The SMILES string of the molecule is CS(=N)(=O)c1ncc(NC(=O)c2cnn(-c3ccc(F)c4nccn34)c2C(F)(F)F)cc1C(F)(F)F. The van der Waals surface area contributed by atoms with E-state index in [1.54, 1.807) is 0 Å². The van der Waals surface area contributed by atoms with Crippen molar-refractivity contribution < 1.29 is 39.7 Å². The molecule has 4 heterocycles. The van der Waals surface area contributed by atoms with Crippen LogP contribution in [0.2, 0.25) is 0 Å². The number of hydrogen-bond acceptors (Lipinski definition) is 6. The molecule has 0 aliphatic rings. The fraction of sp³-hybridized carbons (Fsp3) is 0.158. The molecule has 190 valence electrons. The average molecular weight is 535 g/mol. The van der Waals surface area contributed by atoms with Gasteiger partial charge in [-0.05, 0) is 18.2 Å². The van der Waals surface area contributed by atoms with E-state index in [0.717, 1.165) is 22.7 Å². The number of rotatable bonds is 4. The summed E-state index contributed by atoms with van der Waals surface area (Å²) in [6.45, 7) is 0. The largest absolute Gasteiger partial charge is 0.434 e. The van der Waals surface area contributed by atoms with Gasteiger partial charge < -0.3 is 5.32 Å². The lowest BCUT2D eigenvalue weighted by Crippen LogP contribution is -2.22. The summed E-state index contributed by atoms with van der Waals surface area (Å²) < 4.78 is 117. The number of carbonyl (C=O) groups is 1. The molecule has 0 aromatic carbocycles. The molecule has 4 aromatic rings. The maximum absolute atomic E-state index is 14.0. The van der Waals surface area contributed by atoms with Gasteiger partial charge in [-0.3, -0.25) is 9.20 Å². The minimum absolute atomic E-state index is 0.310. The minimum atomic E-state index is -5.18. The molecule has 0 radical (unpaired) electrons. The van der Waals surface area contributed by atoms with Crippen LogP contribution in [0.3, 0.4) is 0 Å². The minimum Gasteiger partial charge on any atom is -0.320 e. The topological polar surface area (TPSA) is 118 Å². The van der Waals surface area contributed by atoms with E-state index in [1.165, 1.54) is 6.20 Å². The van der Waals surface area contributed by atoms with Gasteiger partial charge in [0.25, 0.3) is 5.91 Å². The number of pyridine rings is 2. The third-order valence-electron chi connectivity index (χ3n) is 4.76. The van der Waals surface area contributed by atoms with Crippen LogP contribution in [0, 0.1) is 10.6 Å². The summed E-state index contributed by atoms with van der Waals surface area (Å²) >= 11 is 0. The summed E-state index contributed by atoms with van der Waals surface area (Å²) in [4.78, 5) is 19.7. The molecule has 0 aliphatic heterocycles. The Kier molecular flexibility index (Phi) is 5.77. The summed E-state index contributed by atoms with van der Waals surface area (Å²) in [6, 6.07) is 2.13. The first-order valence-electron chi connectivity index (χ1n) is 9.48. The zero-order valence-electron chi connectivity index (χ0n) is 17.6. The van der Waals surface area contributed by atoms with Crippen molar-refractivity contribution >= 4 is 27.0 Å². The van der Waals surface area contributed by atoms with Crippen LogP contribution in [-0.4, -0.2) is 40.5 Å². The molecule has 17 heteroatoms. The molecule has 1 unspecified atom stereocenters. The molecule has 9 nitrogen and oxygen atoms in total. The standard InChI is InChI=1S/C19H12F7N7O2S/c1-36(27,35)17-11(18(21,22)23)6-9(7-29-17)31-16(34)10-8-30-33(14(10)19(24,25)26)13-3-2-12(20)15-28-4-5-32(13)15/h2-8,27H,1H3,(H,31,34). The Labute approximate surface area is 196 Å². The highest BCUT2D eigenvalue weighted by Crippen LogP contribution is 2.36. The van der Waals surface area contributed by atoms with Crippen molar-refractivity contribution in [3.8, 4) is 5.82 Å². The van der Waals surface area contributed by atoms with E-state index in [1.807, 2.05) is 5.32 Å². The molecule has 2 N–H and O–H groups in total. The van der Waals surface area contributed by atoms with Crippen LogP contribution in [-0.2, 0) is 22.1 Å². The van der Waals surface area contributed by atoms with Crippen molar-refractivity contribution in [1.29, 1.82) is 4.78 Å². The summed E-state index contributed by atoms with van der Waals surface area (Å²) in [6.07, 6.45) is -6.12. The summed E-state index contributed by atoms with van der Waals surface area (Å²) in [5.41, 5.74) is -5.22. The highest BCUT2D eigenvalue weighted by atomic mass is 32.2. The van der Waals surface area contributed by atoms with Gasteiger partial charge in [-0.1, -0.05) is 0 Å². The van der Waals surface area contributed by atoms with Crippen molar-refractivity contribution in [3.63, 3.8) is 0 Å². The molecule has 36 heavy (non-hydrogen) atoms. The van der Waals surface area contributed by atoms with E-state index in [2.05, 4.69) is 15.1 Å². The molecule has 0 bridgehead atoms. The van der Waals surface area contributed by atoms with E-state index in [0.29, 0.717) is 29.4 Å². The Morgan fingerprint density at radius 1 is 1.08 bits per heavy atom. The highest BCUT2D eigenvalue weighted by Gasteiger charge is 2.41. The number of fused-ring (bicyclic) bond motifs is 1. The Morgan fingerprint density at radius 2 is 1.78 bits per heavy atom. The van der Waals surface area contributed by atoms with Gasteiger partial charge in [0.05, 0.1) is 38.9 Å². The second kappa shape index (κ2) is 8.28. The molecule has 0 saturated heterocycles. The maximum atomic E-state index is 14.0. The Hall–Kier alpha value is -4.02. The lowest BCUT2D eigenvalue weighted by molar-refractivity contribution is -0.143. The average Bonchev–Trinajstić information content (AvgIpc) is 3.40. The van der Waals surface area contributed by atoms with Crippen molar-refractivity contribution in [2.24, 2.45) is 0 Å². The van der Waals surface area contributed by atoms with Gasteiger partial charge in [0.15, 0.2) is 17.2 Å². The second-order valence-electron chi connectivity index (χ2n) is 7.35. The first-order chi connectivity index (χ1) is 16.6. The van der Waals surface area contributed by atoms with Crippen LogP contribution in [0.25, 0.3) is 11.5 Å². The third kappa shape index (κ3) is 4.48. The normalized spacial score (nSPS) is 14.1. The lowest BCUT2D eigenvalue weighted by atomic mass is 10.2. The molecule has 4 rings (SSSR count). The summed E-state index contributed by atoms with van der Waals surface area (Å²) in [5.74, 6) is -2.64. The van der Waals surface area contributed by atoms with Crippen LogP contribution >= 0.6 is 0 Å². The zero-order valence-corrected chi connectivity index (χ0v) is 18.5. The number of nitrogens with one attached hydrogen (secondary N) is 2. The van der Waals surface area contributed by atoms with Crippen LogP contribution in [0.5, 0.6) is 0 Å². The van der Waals surface area contributed by atoms with Crippen LogP contribution in [0.15, 0.2) is 48.0 Å². The van der Waals surface area contributed by atoms with Crippen molar-refractivity contribution in [2.75, 3.05) is 11.6 Å². The lowest BCUT2D eigenvalue weighted by Gasteiger charge is -2.15. The van der Waals surface area contributed by atoms with E-state index >= 15 is 0 Å². The quantitative estimate of drug-likeness (QED) is 0.376. The van der Waals surface area contributed by atoms with Gasteiger partial charge in [0.1, 0.15) is 10.8 Å². The predicted molar refractivity (Wildman–Crippen MR) is 110 cm³/mol. The summed E-state index contributed by atoms with van der Waals surface area (Å²) in [7, 11) is -3.92. The molecule has 0 aliphatic carbocycles. The van der Waals surface area contributed by atoms with Gasteiger partial charge >= 0.3 is 12.4 Å². The number of halogens is 7. The first-order valence-corrected chi connectivity index (χ1v) is 11.4. The van der Waals surface area contributed by atoms with Crippen molar-refractivity contribution in [3.05, 3.63) is 65.6 Å². The molecule has 4 aromatic heterocycles. The molecular formula is C19H12F7N7O2S.